The van der Waals surface area contributed by atoms with Crippen molar-refractivity contribution in [3.8, 4) is 0 Å². The van der Waals surface area contributed by atoms with E-state index in [1.54, 1.807) is 14.0 Å². The number of ketones is 1. The molecule has 0 bridgehead atoms. The fourth-order valence-corrected chi connectivity index (χ4v) is 2.88. The van der Waals surface area contributed by atoms with Gasteiger partial charge in [0.1, 0.15) is 0 Å². The highest BCUT2D eigenvalue weighted by Gasteiger charge is 2.34. The number of Topliss-reactive ketones (excluding diaryl/α,β-unsaturated/α-hetero) is 1. The number of carbonyl (C=O) groups excluding carboxylic acids is 2. The van der Waals surface area contributed by atoms with Gasteiger partial charge in [0.25, 0.3) is 0 Å². The molecule has 0 aromatic rings. The van der Waals surface area contributed by atoms with E-state index in [0.717, 1.165) is 32.1 Å². The second kappa shape index (κ2) is 15.4. The van der Waals surface area contributed by atoms with E-state index in [1.165, 1.54) is 44.9 Å². The van der Waals surface area contributed by atoms with E-state index >= 15 is 0 Å². The summed E-state index contributed by atoms with van der Waals surface area (Å²) in [5, 5.41) is 2.89. The number of ether oxygens (including phenoxy) is 1. The van der Waals surface area contributed by atoms with Crippen molar-refractivity contribution in [3.63, 3.8) is 0 Å². The minimum atomic E-state index is -1.18. The zero-order valence-electron chi connectivity index (χ0n) is 17.1. The van der Waals surface area contributed by atoms with Gasteiger partial charge in [0.15, 0.2) is 5.78 Å². The van der Waals surface area contributed by atoms with Crippen LogP contribution in [0.1, 0.15) is 111 Å². The summed E-state index contributed by atoms with van der Waals surface area (Å²) in [5.74, 6) is -0.302. The summed E-state index contributed by atoms with van der Waals surface area (Å²) < 4.78 is 5.47. The van der Waals surface area contributed by atoms with E-state index in [4.69, 9.17) is 4.74 Å². The maximum Gasteiger partial charge on any atom is 0.307 e. The summed E-state index contributed by atoms with van der Waals surface area (Å²) in [6, 6.07) is 0. The van der Waals surface area contributed by atoms with Crippen LogP contribution in [0.3, 0.4) is 0 Å². The van der Waals surface area contributed by atoms with Crippen molar-refractivity contribution in [2.45, 2.75) is 116 Å². The molecule has 0 heterocycles. The Bertz CT molecular complexity index is 357. The average molecular weight is 356 g/mol. The van der Waals surface area contributed by atoms with Gasteiger partial charge >= 0.3 is 5.97 Å². The lowest BCUT2D eigenvalue weighted by Crippen LogP contribution is -2.51. The number of rotatable bonds is 17. The van der Waals surface area contributed by atoms with Crippen molar-refractivity contribution < 1.29 is 14.3 Å². The highest BCUT2D eigenvalue weighted by atomic mass is 16.6. The molecule has 0 rings (SSSR count). The van der Waals surface area contributed by atoms with E-state index in [9.17, 15) is 9.59 Å². The van der Waals surface area contributed by atoms with Gasteiger partial charge in [0.05, 0.1) is 0 Å². The van der Waals surface area contributed by atoms with Crippen molar-refractivity contribution in [1.82, 2.24) is 5.32 Å². The second-order valence-electron chi connectivity index (χ2n) is 7.22. The zero-order chi connectivity index (χ0) is 19.0. The lowest BCUT2D eigenvalue weighted by molar-refractivity contribution is -0.169. The Kier molecular flexibility index (Phi) is 14.8. The van der Waals surface area contributed by atoms with Crippen molar-refractivity contribution in [2.75, 3.05) is 7.05 Å². The van der Waals surface area contributed by atoms with Crippen LogP contribution in [0.25, 0.3) is 0 Å². The quantitative estimate of drug-likeness (QED) is 0.211. The number of likely N-dealkylation sites (N-methyl/N-ethyl adjacent to an activating group) is 1. The molecule has 1 atom stereocenters. The molecule has 148 valence electrons. The lowest BCUT2D eigenvalue weighted by Gasteiger charge is -2.27. The van der Waals surface area contributed by atoms with Crippen LogP contribution in [0.2, 0.25) is 0 Å². The van der Waals surface area contributed by atoms with Gasteiger partial charge in [-0.1, -0.05) is 78.1 Å². The molecule has 0 fully saturated rings. The third-order valence-corrected chi connectivity index (χ3v) is 4.82. The van der Waals surface area contributed by atoms with Crippen LogP contribution >= 0.6 is 0 Å². The molecule has 25 heavy (non-hydrogen) atoms. The van der Waals surface area contributed by atoms with Crippen LogP contribution in [-0.2, 0) is 14.3 Å². The Hall–Kier alpha value is -0.900. The third kappa shape index (κ3) is 12.1. The molecule has 0 aliphatic carbocycles. The van der Waals surface area contributed by atoms with E-state index in [0.29, 0.717) is 12.8 Å². The van der Waals surface area contributed by atoms with E-state index < -0.39 is 5.72 Å². The monoisotopic (exact) mass is 355 g/mol. The molecule has 0 amide bonds. The summed E-state index contributed by atoms with van der Waals surface area (Å²) in [4.78, 5) is 24.5. The van der Waals surface area contributed by atoms with Crippen LogP contribution in [0.5, 0.6) is 0 Å². The van der Waals surface area contributed by atoms with Crippen LogP contribution in [0.15, 0.2) is 0 Å². The maximum atomic E-state index is 12.4. The highest BCUT2D eigenvalue weighted by Crippen LogP contribution is 2.16. The van der Waals surface area contributed by atoms with Crippen molar-refractivity contribution in [1.29, 1.82) is 0 Å². The molecule has 1 unspecified atom stereocenters. The van der Waals surface area contributed by atoms with E-state index in [1.807, 2.05) is 0 Å². The minimum Gasteiger partial charge on any atom is -0.437 e. The summed E-state index contributed by atoms with van der Waals surface area (Å²) in [6.07, 6.45) is 14.5. The fraction of sp³-hybridized carbons (Fsp3) is 0.905. The second-order valence-corrected chi connectivity index (χ2v) is 7.22. The SMILES string of the molecule is CCCCCCCCCC(=O)OC(C)(NC)C(=O)CCCCCCC. The summed E-state index contributed by atoms with van der Waals surface area (Å²) in [7, 11) is 1.68. The van der Waals surface area contributed by atoms with Crippen molar-refractivity contribution >= 4 is 11.8 Å². The molecule has 0 saturated heterocycles. The third-order valence-electron chi connectivity index (χ3n) is 4.82. The predicted octanol–water partition coefficient (Wildman–Crippen LogP) is 5.54. The number of esters is 1. The van der Waals surface area contributed by atoms with Crippen molar-refractivity contribution in [3.05, 3.63) is 0 Å². The number of nitrogens with one attached hydrogen (secondary N) is 1. The molecular formula is C21H41NO3. The number of hydrogen-bond acceptors (Lipinski definition) is 4. The standard InChI is InChI=1S/C21H41NO3/c1-5-7-9-11-12-14-16-18-20(24)25-21(3,22-4)19(23)17-15-13-10-8-6-2/h22H,5-18H2,1-4H3. The van der Waals surface area contributed by atoms with Gasteiger partial charge in [-0.25, -0.2) is 0 Å². The largest absolute Gasteiger partial charge is 0.437 e. The first-order chi connectivity index (χ1) is 12.0. The van der Waals surface area contributed by atoms with Gasteiger partial charge in [0.2, 0.25) is 5.72 Å². The number of unbranched alkanes of at least 4 members (excludes halogenated alkanes) is 10. The zero-order valence-corrected chi connectivity index (χ0v) is 17.1. The van der Waals surface area contributed by atoms with Crippen LogP contribution < -0.4 is 5.32 Å². The van der Waals surface area contributed by atoms with Gasteiger partial charge in [-0.15, -0.1) is 0 Å². The molecule has 4 heteroatoms. The molecule has 0 aliphatic heterocycles. The Balaban J connectivity index is 4.00. The van der Waals surface area contributed by atoms with Crippen LogP contribution in [0.4, 0.5) is 0 Å². The Morgan fingerprint density at radius 3 is 1.68 bits per heavy atom. The van der Waals surface area contributed by atoms with Crippen LogP contribution in [-0.4, -0.2) is 24.5 Å². The molecule has 4 nitrogen and oxygen atoms in total. The van der Waals surface area contributed by atoms with Gasteiger partial charge in [-0.3, -0.25) is 14.9 Å². The first-order valence-corrected chi connectivity index (χ1v) is 10.4. The molecule has 0 aliphatic rings. The number of hydrogen-bond donors (Lipinski definition) is 1. The van der Waals surface area contributed by atoms with Gasteiger partial charge in [-0.05, 0) is 26.8 Å². The van der Waals surface area contributed by atoms with Gasteiger partial charge in [0, 0.05) is 12.8 Å². The number of carbonyl (C=O) groups is 2. The minimum absolute atomic E-state index is 0.0283. The predicted molar refractivity (Wildman–Crippen MR) is 105 cm³/mol. The Labute approximate surface area is 155 Å². The average Bonchev–Trinajstić information content (AvgIpc) is 2.60. The van der Waals surface area contributed by atoms with Gasteiger partial charge < -0.3 is 4.74 Å². The van der Waals surface area contributed by atoms with Crippen LogP contribution in [0, 0.1) is 0 Å². The van der Waals surface area contributed by atoms with Gasteiger partial charge in [-0.2, -0.15) is 0 Å². The molecule has 1 N–H and O–H groups in total. The summed E-state index contributed by atoms with van der Waals surface area (Å²) in [5.41, 5.74) is -1.18. The fourth-order valence-electron chi connectivity index (χ4n) is 2.88. The summed E-state index contributed by atoms with van der Waals surface area (Å²) >= 11 is 0. The Morgan fingerprint density at radius 1 is 0.760 bits per heavy atom. The highest BCUT2D eigenvalue weighted by molar-refractivity contribution is 5.88. The Morgan fingerprint density at radius 2 is 1.20 bits per heavy atom. The summed E-state index contributed by atoms with van der Waals surface area (Å²) in [6.45, 7) is 6.05. The molecule has 0 aromatic heterocycles. The molecular weight excluding hydrogens is 314 g/mol. The maximum absolute atomic E-state index is 12.4. The first kappa shape index (κ1) is 24.1. The lowest BCUT2D eigenvalue weighted by atomic mass is 10.0. The first-order valence-electron chi connectivity index (χ1n) is 10.4. The molecule has 0 aromatic carbocycles. The topological polar surface area (TPSA) is 55.4 Å². The smallest absolute Gasteiger partial charge is 0.307 e. The van der Waals surface area contributed by atoms with E-state index in [-0.39, 0.29) is 11.8 Å². The molecule has 0 saturated carbocycles. The normalized spacial score (nSPS) is 13.4. The van der Waals surface area contributed by atoms with Crippen molar-refractivity contribution in [2.24, 2.45) is 0 Å². The van der Waals surface area contributed by atoms with E-state index in [2.05, 4.69) is 19.2 Å². The molecule has 0 radical (unpaired) electrons. The molecule has 0 spiro atoms.